The Bertz CT molecular complexity index is 840. The third kappa shape index (κ3) is 6.17. The van der Waals surface area contributed by atoms with Gasteiger partial charge in [-0.25, -0.2) is 4.39 Å². The second-order valence-electron chi connectivity index (χ2n) is 6.70. The monoisotopic (exact) mass is 421 g/mol. The number of ether oxygens (including phenoxy) is 1. The van der Waals surface area contributed by atoms with Crippen LogP contribution in [0.15, 0.2) is 42.5 Å². The number of nitrogens with zero attached hydrogens (tertiary/aromatic N) is 1. The quantitative estimate of drug-likeness (QED) is 0.719. The molecule has 1 aliphatic heterocycles. The average molecular weight is 422 g/mol. The standard InChI is InChI=1S/C21H24FN3O3.ClH/c22-19-8-7-17(28-16-5-3-15(4-6-16)9-10-23)13-18(19)21(27)24-14-20(26)25-11-1-2-12-25;/h3-8,13H,1-2,9-12,14,23H2,(H,24,27);1H. The molecular weight excluding hydrogens is 397 g/mol. The zero-order chi connectivity index (χ0) is 19.9. The van der Waals surface area contributed by atoms with E-state index in [0.29, 0.717) is 31.1 Å². The summed E-state index contributed by atoms with van der Waals surface area (Å²) in [4.78, 5) is 26.0. The van der Waals surface area contributed by atoms with Crippen molar-refractivity contribution in [2.24, 2.45) is 5.73 Å². The summed E-state index contributed by atoms with van der Waals surface area (Å²) < 4.78 is 19.8. The molecule has 0 saturated carbocycles. The lowest BCUT2D eigenvalue weighted by Crippen LogP contribution is -2.38. The molecule has 0 radical (unpaired) electrons. The molecular formula is C21H25ClFN3O3. The fourth-order valence-electron chi connectivity index (χ4n) is 3.10. The van der Waals surface area contributed by atoms with Crippen molar-refractivity contribution in [3.8, 4) is 11.5 Å². The molecule has 0 unspecified atom stereocenters. The van der Waals surface area contributed by atoms with E-state index in [0.717, 1.165) is 24.8 Å². The summed E-state index contributed by atoms with van der Waals surface area (Å²) in [5.41, 5.74) is 6.47. The maximum atomic E-state index is 14.1. The highest BCUT2D eigenvalue weighted by Gasteiger charge is 2.20. The molecule has 2 aromatic carbocycles. The summed E-state index contributed by atoms with van der Waals surface area (Å²) in [7, 11) is 0. The Kier molecular flexibility index (Phi) is 8.42. The number of rotatable bonds is 7. The highest BCUT2D eigenvalue weighted by molar-refractivity contribution is 5.97. The Balaban J connectivity index is 0.00000300. The topological polar surface area (TPSA) is 84.7 Å². The summed E-state index contributed by atoms with van der Waals surface area (Å²) in [5, 5.41) is 2.49. The van der Waals surface area contributed by atoms with E-state index in [4.69, 9.17) is 10.5 Å². The van der Waals surface area contributed by atoms with Gasteiger partial charge in [-0.15, -0.1) is 12.4 Å². The first-order valence-electron chi connectivity index (χ1n) is 9.39. The van der Waals surface area contributed by atoms with Crippen LogP contribution in [0.4, 0.5) is 4.39 Å². The Morgan fingerprint density at radius 1 is 1.07 bits per heavy atom. The third-order valence-electron chi connectivity index (χ3n) is 4.63. The molecule has 0 aliphatic carbocycles. The van der Waals surface area contributed by atoms with Gasteiger partial charge in [-0.05, 0) is 61.7 Å². The van der Waals surface area contributed by atoms with E-state index < -0.39 is 11.7 Å². The lowest BCUT2D eigenvalue weighted by Gasteiger charge is -2.15. The number of carbonyl (C=O) groups is 2. The molecule has 0 bridgehead atoms. The van der Waals surface area contributed by atoms with E-state index in [-0.39, 0.29) is 30.4 Å². The van der Waals surface area contributed by atoms with Crippen LogP contribution in [-0.4, -0.2) is 42.9 Å². The second kappa shape index (κ2) is 10.8. The number of hydrogen-bond acceptors (Lipinski definition) is 4. The van der Waals surface area contributed by atoms with E-state index in [1.165, 1.54) is 18.2 Å². The number of carbonyl (C=O) groups excluding carboxylic acids is 2. The number of hydrogen-bond donors (Lipinski definition) is 2. The number of benzene rings is 2. The Morgan fingerprint density at radius 3 is 2.38 bits per heavy atom. The predicted octanol–water partition coefficient (Wildman–Crippen LogP) is 2.89. The molecule has 29 heavy (non-hydrogen) atoms. The van der Waals surface area contributed by atoms with Gasteiger partial charge in [0.2, 0.25) is 5.91 Å². The van der Waals surface area contributed by atoms with Crippen molar-refractivity contribution in [1.29, 1.82) is 0 Å². The minimum atomic E-state index is -0.670. The SMILES string of the molecule is Cl.NCCc1ccc(Oc2ccc(F)c(C(=O)NCC(=O)N3CCCC3)c2)cc1. The van der Waals surface area contributed by atoms with Crippen molar-refractivity contribution in [3.63, 3.8) is 0 Å². The average Bonchev–Trinajstić information content (AvgIpc) is 3.24. The summed E-state index contributed by atoms with van der Waals surface area (Å²) >= 11 is 0. The molecule has 0 spiro atoms. The van der Waals surface area contributed by atoms with Gasteiger partial charge in [-0.1, -0.05) is 12.1 Å². The Labute approximate surface area is 175 Å². The van der Waals surface area contributed by atoms with Crippen LogP contribution in [0.3, 0.4) is 0 Å². The number of nitrogens with two attached hydrogens (primary N) is 1. The van der Waals surface area contributed by atoms with Gasteiger partial charge in [0.05, 0.1) is 12.1 Å². The molecule has 3 N–H and O–H groups in total. The minimum absolute atomic E-state index is 0. The normalized spacial score (nSPS) is 13.0. The zero-order valence-corrected chi connectivity index (χ0v) is 16.8. The smallest absolute Gasteiger partial charge is 0.254 e. The van der Waals surface area contributed by atoms with Gasteiger partial charge < -0.3 is 20.7 Å². The summed E-state index contributed by atoms with van der Waals surface area (Å²) in [5.74, 6) is -0.561. The van der Waals surface area contributed by atoms with E-state index in [2.05, 4.69) is 5.32 Å². The predicted molar refractivity (Wildman–Crippen MR) is 111 cm³/mol. The van der Waals surface area contributed by atoms with Crippen LogP contribution < -0.4 is 15.8 Å². The maximum Gasteiger partial charge on any atom is 0.254 e. The van der Waals surface area contributed by atoms with Crippen molar-refractivity contribution in [2.45, 2.75) is 19.3 Å². The summed E-state index contributed by atoms with van der Waals surface area (Å²) in [6.45, 7) is 1.83. The van der Waals surface area contributed by atoms with Crippen LogP contribution in [-0.2, 0) is 11.2 Å². The fourth-order valence-corrected chi connectivity index (χ4v) is 3.10. The van der Waals surface area contributed by atoms with Crippen molar-refractivity contribution >= 4 is 24.2 Å². The zero-order valence-electron chi connectivity index (χ0n) is 16.0. The Hall–Kier alpha value is -2.64. The third-order valence-corrected chi connectivity index (χ3v) is 4.63. The number of halogens is 2. The van der Waals surface area contributed by atoms with Gasteiger partial charge >= 0.3 is 0 Å². The van der Waals surface area contributed by atoms with E-state index in [9.17, 15) is 14.0 Å². The van der Waals surface area contributed by atoms with Gasteiger partial charge in [0.25, 0.3) is 5.91 Å². The van der Waals surface area contributed by atoms with Gasteiger partial charge in [0.15, 0.2) is 0 Å². The first-order valence-corrected chi connectivity index (χ1v) is 9.39. The van der Waals surface area contributed by atoms with Crippen molar-refractivity contribution in [1.82, 2.24) is 10.2 Å². The van der Waals surface area contributed by atoms with Crippen molar-refractivity contribution < 1.29 is 18.7 Å². The number of amides is 2. The molecule has 156 valence electrons. The fraction of sp³-hybridized carbons (Fsp3) is 0.333. The first-order chi connectivity index (χ1) is 13.6. The molecule has 1 aliphatic rings. The lowest BCUT2D eigenvalue weighted by molar-refractivity contribution is -0.129. The molecule has 6 nitrogen and oxygen atoms in total. The van der Waals surface area contributed by atoms with Gasteiger partial charge in [0.1, 0.15) is 17.3 Å². The van der Waals surface area contributed by atoms with Gasteiger partial charge in [-0.2, -0.15) is 0 Å². The van der Waals surface area contributed by atoms with Gasteiger partial charge in [0, 0.05) is 13.1 Å². The molecule has 1 saturated heterocycles. The number of nitrogens with one attached hydrogen (secondary N) is 1. The Morgan fingerprint density at radius 2 is 1.72 bits per heavy atom. The molecule has 3 rings (SSSR count). The van der Waals surface area contributed by atoms with Crippen molar-refractivity contribution in [3.05, 3.63) is 59.4 Å². The maximum absolute atomic E-state index is 14.1. The highest BCUT2D eigenvalue weighted by atomic mass is 35.5. The molecule has 2 amide bonds. The minimum Gasteiger partial charge on any atom is -0.457 e. The van der Waals surface area contributed by atoms with Crippen LogP contribution >= 0.6 is 12.4 Å². The summed E-state index contributed by atoms with van der Waals surface area (Å²) in [6, 6.07) is 11.4. The highest BCUT2D eigenvalue weighted by Crippen LogP contribution is 2.24. The largest absolute Gasteiger partial charge is 0.457 e. The molecule has 2 aromatic rings. The van der Waals surface area contributed by atoms with Crippen LogP contribution in [0.2, 0.25) is 0 Å². The van der Waals surface area contributed by atoms with Crippen LogP contribution in [0, 0.1) is 5.82 Å². The molecule has 8 heteroatoms. The van der Waals surface area contributed by atoms with E-state index in [1.54, 1.807) is 17.0 Å². The van der Waals surface area contributed by atoms with Crippen molar-refractivity contribution in [2.75, 3.05) is 26.2 Å². The number of likely N-dealkylation sites (tertiary alicyclic amines) is 1. The van der Waals surface area contributed by atoms with Crippen LogP contribution in [0.5, 0.6) is 11.5 Å². The summed E-state index contributed by atoms with van der Waals surface area (Å²) in [6.07, 6.45) is 2.72. The lowest BCUT2D eigenvalue weighted by atomic mass is 10.1. The molecule has 1 heterocycles. The van der Waals surface area contributed by atoms with E-state index in [1.807, 2.05) is 12.1 Å². The van der Waals surface area contributed by atoms with Gasteiger partial charge in [-0.3, -0.25) is 9.59 Å². The van der Waals surface area contributed by atoms with E-state index >= 15 is 0 Å². The molecule has 0 aromatic heterocycles. The molecule has 1 fully saturated rings. The van der Waals surface area contributed by atoms with Crippen LogP contribution in [0.25, 0.3) is 0 Å². The molecule has 0 atom stereocenters. The second-order valence-corrected chi connectivity index (χ2v) is 6.70. The first kappa shape index (κ1) is 22.6. The van der Waals surface area contributed by atoms with Crippen LogP contribution in [0.1, 0.15) is 28.8 Å².